The zero-order valence-electron chi connectivity index (χ0n) is 50.6. The minimum absolute atomic E-state index is 0.119. The molecule has 0 aromatic rings. The number of carbonyl (C=O) groups excluding carboxylic acids is 3. The number of hydrogen-bond acceptors (Lipinski definition) is 6. The van der Waals surface area contributed by atoms with Gasteiger partial charge in [-0.25, -0.2) is 0 Å². The molecule has 0 aliphatic rings. The Hall–Kier alpha value is -5.23. The van der Waals surface area contributed by atoms with Gasteiger partial charge in [0, 0.05) is 19.3 Å². The highest BCUT2D eigenvalue weighted by Gasteiger charge is 2.19. The highest BCUT2D eigenvalue weighted by molar-refractivity contribution is 5.71. The molecule has 442 valence electrons. The van der Waals surface area contributed by atoms with E-state index in [2.05, 4.69) is 179 Å². The second kappa shape index (κ2) is 65.3. The zero-order chi connectivity index (χ0) is 57.1. The molecule has 1 unspecified atom stereocenters. The third kappa shape index (κ3) is 63.5. The number of hydrogen-bond donors (Lipinski definition) is 0. The Morgan fingerprint density at radius 1 is 0.266 bits per heavy atom. The van der Waals surface area contributed by atoms with E-state index in [1.165, 1.54) is 64.2 Å². The Morgan fingerprint density at radius 3 is 0.823 bits per heavy atom. The van der Waals surface area contributed by atoms with Gasteiger partial charge < -0.3 is 14.2 Å². The van der Waals surface area contributed by atoms with Gasteiger partial charge in [0.05, 0.1) is 0 Å². The Balaban J connectivity index is 4.34. The standard InChI is InChI=1S/C73H114O6/c1-4-7-10-13-16-19-22-25-26-27-28-29-30-31-32-33-34-35-36-37-38-39-40-41-42-43-44-45-46-49-51-54-57-60-63-66-72(75)78-69-70(79-73(76)67-64-61-58-55-52-48-24-21-18-15-12-9-6-3)68-77-71(74)65-62-59-56-53-50-47-23-20-17-14-11-8-5-2/h7,9-10,12,16,18-19,21,25-26,28-29,31-32,34-35,37-38,40-41,43-44,46,48-49,52,58,61,70H,4-6,8,11,13-15,17,20,22-24,27,30,33,36,39,42,45,47,50-51,53-57,59-60,62-69H2,1-3H3/b10-7-,12-9-,19-16-,21-18-,26-25-,29-28-,32-31-,35-34-,38-37-,41-40-,44-43-,49-46-,52-48-,61-58-. The summed E-state index contributed by atoms with van der Waals surface area (Å²) in [7, 11) is 0. The van der Waals surface area contributed by atoms with E-state index in [4.69, 9.17) is 14.2 Å². The smallest absolute Gasteiger partial charge is 0.306 e. The molecule has 0 saturated carbocycles. The van der Waals surface area contributed by atoms with Crippen LogP contribution in [0, 0.1) is 0 Å². The fourth-order valence-corrected chi connectivity index (χ4v) is 8.07. The molecule has 0 saturated heterocycles. The predicted octanol–water partition coefficient (Wildman–Crippen LogP) is 21.9. The first-order valence-electron chi connectivity index (χ1n) is 31.6. The molecule has 79 heavy (non-hydrogen) atoms. The summed E-state index contributed by atoms with van der Waals surface area (Å²) in [6.07, 6.45) is 96.7. The van der Waals surface area contributed by atoms with Gasteiger partial charge in [0.1, 0.15) is 13.2 Å². The Labute approximate surface area is 485 Å². The maximum absolute atomic E-state index is 12.8. The number of unbranched alkanes of at least 4 members (excludes halogenated alkanes) is 16. The first-order chi connectivity index (χ1) is 39.0. The molecule has 0 aliphatic carbocycles. The van der Waals surface area contributed by atoms with Crippen LogP contribution in [0.3, 0.4) is 0 Å². The lowest BCUT2D eigenvalue weighted by atomic mass is 10.0. The first kappa shape index (κ1) is 73.8. The quantitative estimate of drug-likeness (QED) is 0.0261. The third-order valence-electron chi connectivity index (χ3n) is 12.7. The average Bonchev–Trinajstić information content (AvgIpc) is 3.45. The van der Waals surface area contributed by atoms with Crippen molar-refractivity contribution in [2.45, 2.75) is 258 Å². The van der Waals surface area contributed by atoms with Gasteiger partial charge in [0.25, 0.3) is 0 Å². The first-order valence-corrected chi connectivity index (χ1v) is 31.6. The lowest BCUT2D eigenvalue weighted by molar-refractivity contribution is -0.166. The van der Waals surface area contributed by atoms with E-state index in [0.717, 1.165) is 141 Å². The molecule has 6 nitrogen and oxygen atoms in total. The summed E-state index contributed by atoms with van der Waals surface area (Å²) < 4.78 is 16.8. The van der Waals surface area contributed by atoms with Gasteiger partial charge in [-0.3, -0.25) is 14.4 Å². The fourth-order valence-electron chi connectivity index (χ4n) is 8.07. The molecule has 0 aliphatic heterocycles. The molecular weight excluding hydrogens is 973 g/mol. The molecule has 0 heterocycles. The summed E-state index contributed by atoms with van der Waals surface area (Å²) in [5, 5.41) is 0. The fraction of sp³-hybridized carbons (Fsp3) is 0.575. The van der Waals surface area contributed by atoms with Gasteiger partial charge in [0.15, 0.2) is 6.10 Å². The second-order valence-electron chi connectivity index (χ2n) is 20.2. The van der Waals surface area contributed by atoms with Crippen molar-refractivity contribution < 1.29 is 28.6 Å². The zero-order valence-corrected chi connectivity index (χ0v) is 50.6. The molecule has 0 rings (SSSR count). The van der Waals surface area contributed by atoms with Gasteiger partial charge in [-0.1, -0.05) is 281 Å². The van der Waals surface area contributed by atoms with Crippen LogP contribution in [0.25, 0.3) is 0 Å². The van der Waals surface area contributed by atoms with Crippen LogP contribution in [0.2, 0.25) is 0 Å². The van der Waals surface area contributed by atoms with E-state index < -0.39 is 12.1 Å². The van der Waals surface area contributed by atoms with Crippen molar-refractivity contribution in [1.82, 2.24) is 0 Å². The molecule has 0 amide bonds. The van der Waals surface area contributed by atoms with Crippen LogP contribution >= 0.6 is 0 Å². The lowest BCUT2D eigenvalue weighted by Gasteiger charge is -2.18. The largest absolute Gasteiger partial charge is 0.462 e. The third-order valence-corrected chi connectivity index (χ3v) is 12.7. The molecule has 0 fully saturated rings. The van der Waals surface area contributed by atoms with Crippen molar-refractivity contribution in [2.24, 2.45) is 0 Å². The van der Waals surface area contributed by atoms with E-state index in [1.807, 2.05) is 12.2 Å². The van der Waals surface area contributed by atoms with Gasteiger partial charge in [0.2, 0.25) is 0 Å². The highest BCUT2D eigenvalue weighted by Crippen LogP contribution is 2.14. The van der Waals surface area contributed by atoms with Crippen LogP contribution in [0.5, 0.6) is 0 Å². The average molecular weight is 1090 g/mol. The Bertz CT molecular complexity index is 1820. The number of esters is 3. The predicted molar refractivity (Wildman–Crippen MR) is 343 cm³/mol. The maximum Gasteiger partial charge on any atom is 0.306 e. The normalized spacial score (nSPS) is 13.3. The summed E-state index contributed by atoms with van der Waals surface area (Å²) in [6, 6.07) is 0. The van der Waals surface area contributed by atoms with Crippen molar-refractivity contribution in [3.05, 3.63) is 170 Å². The van der Waals surface area contributed by atoms with Crippen LogP contribution in [-0.4, -0.2) is 37.2 Å². The lowest BCUT2D eigenvalue weighted by Crippen LogP contribution is -2.30. The molecule has 6 heteroatoms. The summed E-state index contributed by atoms with van der Waals surface area (Å²) in [5.41, 5.74) is 0. The van der Waals surface area contributed by atoms with Gasteiger partial charge in [-0.15, -0.1) is 0 Å². The molecular formula is C73H114O6. The topological polar surface area (TPSA) is 78.9 Å². The summed E-state index contributed by atoms with van der Waals surface area (Å²) in [5.74, 6) is -1.03. The molecule has 0 bridgehead atoms. The molecule has 0 aromatic carbocycles. The molecule has 0 N–H and O–H groups in total. The van der Waals surface area contributed by atoms with Crippen molar-refractivity contribution in [2.75, 3.05) is 13.2 Å². The van der Waals surface area contributed by atoms with Gasteiger partial charge in [-0.2, -0.15) is 0 Å². The van der Waals surface area contributed by atoms with Crippen molar-refractivity contribution >= 4 is 17.9 Å². The van der Waals surface area contributed by atoms with Crippen molar-refractivity contribution in [3.8, 4) is 0 Å². The molecule has 0 aromatic heterocycles. The van der Waals surface area contributed by atoms with Crippen molar-refractivity contribution in [1.29, 1.82) is 0 Å². The number of carbonyl (C=O) groups is 3. The van der Waals surface area contributed by atoms with Gasteiger partial charge >= 0.3 is 17.9 Å². The van der Waals surface area contributed by atoms with Crippen LogP contribution < -0.4 is 0 Å². The highest BCUT2D eigenvalue weighted by atomic mass is 16.6. The van der Waals surface area contributed by atoms with E-state index in [9.17, 15) is 14.4 Å². The summed E-state index contributed by atoms with van der Waals surface area (Å²) >= 11 is 0. The molecule has 1 atom stereocenters. The van der Waals surface area contributed by atoms with Crippen molar-refractivity contribution in [3.63, 3.8) is 0 Å². The Kier molecular flexibility index (Phi) is 61.0. The van der Waals surface area contributed by atoms with E-state index in [-0.39, 0.29) is 31.6 Å². The SMILES string of the molecule is CC/C=C\C/C=C\C/C=C\C/C=C\C/C=C\C/C=C\C/C=C\C/C=C\C/C=C\C/C=C\CCCCCCC(=O)OCC(COC(=O)CCCCCCCCCCCCCCC)OC(=O)CC/C=C\C/C=C\C/C=C\C/C=C\CC. The van der Waals surface area contributed by atoms with E-state index in [0.29, 0.717) is 19.3 Å². The van der Waals surface area contributed by atoms with E-state index >= 15 is 0 Å². The molecule has 0 spiro atoms. The summed E-state index contributed by atoms with van der Waals surface area (Å²) in [6.45, 7) is 6.31. The number of ether oxygens (including phenoxy) is 3. The number of allylic oxidation sites excluding steroid dienone is 28. The molecule has 0 radical (unpaired) electrons. The minimum atomic E-state index is -0.833. The minimum Gasteiger partial charge on any atom is -0.462 e. The van der Waals surface area contributed by atoms with Crippen LogP contribution in [0.4, 0.5) is 0 Å². The maximum atomic E-state index is 12.8. The van der Waals surface area contributed by atoms with Crippen LogP contribution in [-0.2, 0) is 28.6 Å². The summed E-state index contributed by atoms with van der Waals surface area (Å²) in [4.78, 5) is 38.1. The van der Waals surface area contributed by atoms with Crippen LogP contribution in [0.1, 0.15) is 252 Å². The monoisotopic (exact) mass is 1090 g/mol. The number of rotatable bonds is 55. The van der Waals surface area contributed by atoms with Crippen LogP contribution in [0.15, 0.2) is 170 Å². The second-order valence-corrected chi connectivity index (χ2v) is 20.2. The van der Waals surface area contributed by atoms with Gasteiger partial charge in [-0.05, 0) is 122 Å². The van der Waals surface area contributed by atoms with E-state index in [1.54, 1.807) is 0 Å². The Morgan fingerprint density at radius 2 is 0.519 bits per heavy atom.